The van der Waals surface area contributed by atoms with Crippen LogP contribution in [-0.2, 0) is 6.42 Å². The van der Waals surface area contributed by atoms with Crippen molar-refractivity contribution in [3.8, 4) is 0 Å². The largest absolute Gasteiger partial charge is 0.461 e. The summed E-state index contributed by atoms with van der Waals surface area (Å²) < 4.78 is 5.86. The minimum atomic E-state index is -0.0782. The van der Waals surface area contributed by atoms with Crippen LogP contribution in [0.4, 0.5) is 0 Å². The lowest BCUT2D eigenvalue weighted by Crippen LogP contribution is -2.25. The van der Waals surface area contributed by atoms with Gasteiger partial charge in [0.25, 0.3) is 0 Å². The Kier molecular flexibility index (Phi) is 4.04. The Morgan fingerprint density at radius 3 is 2.92 bits per heavy atom. The van der Waals surface area contributed by atoms with Gasteiger partial charge in [-0.1, -0.05) is 24.3 Å². The summed E-state index contributed by atoms with van der Waals surface area (Å²) in [5.41, 5.74) is 1.96. The zero-order chi connectivity index (χ0) is 16.2. The first kappa shape index (κ1) is 14.6. The first-order valence-corrected chi connectivity index (χ1v) is 7.86. The first-order chi connectivity index (χ1) is 11.9. The highest BCUT2D eigenvalue weighted by molar-refractivity contribution is 5.77. The van der Waals surface area contributed by atoms with Crippen molar-refractivity contribution in [2.45, 2.75) is 12.5 Å². The molecule has 0 aliphatic carbocycles. The van der Waals surface area contributed by atoms with Gasteiger partial charge in [0.2, 0.25) is 0 Å². The van der Waals surface area contributed by atoms with Crippen LogP contribution in [0.15, 0.2) is 65.6 Å². The fourth-order valence-electron chi connectivity index (χ4n) is 2.77. The highest BCUT2D eigenvalue weighted by atomic mass is 16.3. The molecule has 3 heterocycles. The summed E-state index contributed by atoms with van der Waals surface area (Å²) in [6.07, 6.45) is 5.90. The van der Waals surface area contributed by atoms with Gasteiger partial charge >= 0.3 is 0 Å². The van der Waals surface area contributed by atoms with Gasteiger partial charge in [0, 0.05) is 30.7 Å². The van der Waals surface area contributed by atoms with E-state index in [1.54, 1.807) is 6.20 Å². The van der Waals surface area contributed by atoms with Crippen LogP contribution in [0.2, 0.25) is 0 Å². The van der Waals surface area contributed by atoms with E-state index in [1.165, 1.54) is 6.33 Å². The Bertz CT molecular complexity index is 868. The predicted molar refractivity (Wildman–Crippen MR) is 90.4 cm³/mol. The standard InChI is InChI=1S/C18H17N5O/c1-2-6-16-13(4-1)10-15(24-16)7-9-20-17(18-21-12-22-23-18)14-5-3-8-19-11-14/h1-6,8,10-12,17,20H,7,9H2,(H,21,22,23)/t17-/m0/s1. The number of hydrogen-bond acceptors (Lipinski definition) is 5. The number of hydrogen-bond donors (Lipinski definition) is 2. The second-order valence-corrected chi connectivity index (χ2v) is 5.54. The molecule has 2 N–H and O–H groups in total. The molecule has 24 heavy (non-hydrogen) atoms. The maximum absolute atomic E-state index is 5.86. The lowest BCUT2D eigenvalue weighted by atomic mass is 10.1. The Morgan fingerprint density at radius 1 is 1.17 bits per heavy atom. The third-order valence-corrected chi connectivity index (χ3v) is 3.92. The molecule has 3 aromatic heterocycles. The van der Waals surface area contributed by atoms with Crippen molar-refractivity contribution in [1.82, 2.24) is 25.5 Å². The minimum Gasteiger partial charge on any atom is -0.461 e. The number of aromatic amines is 1. The SMILES string of the molecule is c1cncc([C@H](NCCc2cc3ccccc3o2)c2ncn[nH]2)c1. The zero-order valence-electron chi connectivity index (χ0n) is 13.0. The number of nitrogens with one attached hydrogen (secondary N) is 2. The lowest BCUT2D eigenvalue weighted by molar-refractivity contribution is 0.512. The van der Waals surface area contributed by atoms with E-state index < -0.39 is 0 Å². The maximum Gasteiger partial charge on any atom is 0.146 e. The van der Waals surface area contributed by atoms with Crippen molar-refractivity contribution < 1.29 is 4.42 Å². The quantitative estimate of drug-likeness (QED) is 0.571. The summed E-state index contributed by atoms with van der Waals surface area (Å²) >= 11 is 0. The summed E-state index contributed by atoms with van der Waals surface area (Å²) in [5.74, 6) is 1.74. The molecule has 0 amide bonds. The molecule has 0 radical (unpaired) electrons. The number of benzene rings is 1. The first-order valence-electron chi connectivity index (χ1n) is 7.86. The van der Waals surface area contributed by atoms with Crippen LogP contribution in [0.3, 0.4) is 0 Å². The van der Waals surface area contributed by atoms with Crippen molar-refractivity contribution in [3.05, 3.63) is 78.3 Å². The summed E-state index contributed by atoms with van der Waals surface area (Å²) in [4.78, 5) is 8.46. The van der Waals surface area contributed by atoms with Gasteiger partial charge in [-0.05, 0) is 23.8 Å². The molecule has 6 heteroatoms. The van der Waals surface area contributed by atoms with Gasteiger partial charge in [0.05, 0.1) is 6.04 Å². The second kappa shape index (κ2) is 6.64. The van der Waals surface area contributed by atoms with Crippen LogP contribution in [0, 0.1) is 0 Å². The van der Waals surface area contributed by atoms with E-state index in [2.05, 4.69) is 37.6 Å². The van der Waals surface area contributed by atoms with E-state index >= 15 is 0 Å². The van der Waals surface area contributed by atoms with Gasteiger partial charge in [-0.3, -0.25) is 10.1 Å². The Balaban J connectivity index is 1.47. The number of pyridine rings is 1. The Labute approximate surface area is 139 Å². The molecular weight excluding hydrogens is 302 g/mol. The maximum atomic E-state index is 5.86. The summed E-state index contributed by atoms with van der Waals surface area (Å²) in [5, 5.41) is 11.5. The van der Waals surface area contributed by atoms with Gasteiger partial charge in [0.15, 0.2) is 0 Å². The van der Waals surface area contributed by atoms with Gasteiger partial charge in [-0.25, -0.2) is 4.98 Å². The van der Waals surface area contributed by atoms with E-state index in [9.17, 15) is 0 Å². The minimum absolute atomic E-state index is 0.0782. The monoisotopic (exact) mass is 319 g/mol. The number of nitrogens with zero attached hydrogens (tertiary/aromatic N) is 3. The molecule has 4 aromatic rings. The fraction of sp³-hybridized carbons (Fsp3) is 0.167. The molecule has 1 atom stereocenters. The van der Waals surface area contributed by atoms with Crippen molar-refractivity contribution in [3.63, 3.8) is 0 Å². The molecule has 0 saturated carbocycles. The number of furan rings is 1. The van der Waals surface area contributed by atoms with E-state index in [0.717, 1.165) is 41.1 Å². The van der Waals surface area contributed by atoms with Gasteiger partial charge in [0.1, 0.15) is 23.5 Å². The topological polar surface area (TPSA) is 79.6 Å². The van der Waals surface area contributed by atoms with Crippen LogP contribution >= 0.6 is 0 Å². The normalized spacial score (nSPS) is 12.5. The second-order valence-electron chi connectivity index (χ2n) is 5.54. The van der Waals surface area contributed by atoms with E-state index in [4.69, 9.17) is 4.42 Å². The van der Waals surface area contributed by atoms with Crippen LogP contribution in [0.25, 0.3) is 11.0 Å². The van der Waals surface area contributed by atoms with Crippen LogP contribution in [0.5, 0.6) is 0 Å². The van der Waals surface area contributed by atoms with Crippen molar-refractivity contribution in [1.29, 1.82) is 0 Å². The molecular formula is C18H17N5O. The van der Waals surface area contributed by atoms with E-state index in [0.29, 0.717) is 0 Å². The molecule has 0 saturated heterocycles. The molecule has 1 aromatic carbocycles. The number of H-pyrrole nitrogens is 1. The molecule has 120 valence electrons. The van der Waals surface area contributed by atoms with Crippen molar-refractivity contribution in [2.24, 2.45) is 0 Å². The average Bonchev–Trinajstić information content (AvgIpc) is 3.28. The van der Waals surface area contributed by atoms with Crippen molar-refractivity contribution >= 4 is 11.0 Å². The molecule has 0 bridgehead atoms. The third kappa shape index (κ3) is 3.04. The highest BCUT2D eigenvalue weighted by Gasteiger charge is 2.16. The molecule has 0 aliphatic rings. The van der Waals surface area contributed by atoms with E-state index in [-0.39, 0.29) is 6.04 Å². The summed E-state index contributed by atoms with van der Waals surface area (Å²) in [7, 11) is 0. The van der Waals surface area contributed by atoms with Gasteiger partial charge in [-0.2, -0.15) is 5.10 Å². The molecule has 0 spiro atoms. The van der Waals surface area contributed by atoms with E-state index in [1.807, 2.05) is 36.5 Å². The number of rotatable bonds is 6. The number of fused-ring (bicyclic) bond motifs is 1. The zero-order valence-corrected chi connectivity index (χ0v) is 13.0. The Morgan fingerprint density at radius 2 is 2.12 bits per heavy atom. The molecule has 0 unspecified atom stereocenters. The molecule has 0 fully saturated rings. The highest BCUT2D eigenvalue weighted by Crippen LogP contribution is 2.20. The fourth-order valence-corrected chi connectivity index (χ4v) is 2.77. The van der Waals surface area contributed by atoms with Gasteiger partial charge in [-0.15, -0.1) is 0 Å². The molecule has 0 aliphatic heterocycles. The predicted octanol–water partition coefficient (Wildman–Crippen LogP) is 2.87. The third-order valence-electron chi connectivity index (χ3n) is 3.92. The number of aromatic nitrogens is 4. The Hall–Kier alpha value is -2.99. The van der Waals surface area contributed by atoms with Gasteiger partial charge < -0.3 is 9.73 Å². The smallest absolute Gasteiger partial charge is 0.146 e. The molecule has 6 nitrogen and oxygen atoms in total. The van der Waals surface area contributed by atoms with Crippen molar-refractivity contribution in [2.75, 3.05) is 6.54 Å². The molecule has 4 rings (SSSR count). The van der Waals surface area contributed by atoms with Crippen LogP contribution in [-0.4, -0.2) is 26.7 Å². The summed E-state index contributed by atoms with van der Waals surface area (Å²) in [6.45, 7) is 0.750. The van der Waals surface area contributed by atoms with Crippen LogP contribution < -0.4 is 5.32 Å². The number of para-hydroxylation sites is 1. The van der Waals surface area contributed by atoms with Crippen LogP contribution in [0.1, 0.15) is 23.2 Å². The average molecular weight is 319 g/mol. The summed E-state index contributed by atoms with van der Waals surface area (Å²) in [6, 6.07) is 14.0. The lowest BCUT2D eigenvalue weighted by Gasteiger charge is -2.15.